The molecule has 0 aromatic heterocycles. The van der Waals surface area contributed by atoms with Crippen molar-refractivity contribution < 1.29 is 9.53 Å². The van der Waals surface area contributed by atoms with Crippen LogP contribution in [0.1, 0.15) is 25.8 Å². The van der Waals surface area contributed by atoms with Crippen LogP contribution in [-0.2, 0) is 14.9 Å². The number of halogens is 1. The first-order valence-electron chi connectivity index (χ1n) is 4.89. The lowest BCUT2D eigenvalue weighted by Crippen LogP contribution is -2.32. The van der Waals surface area contributed by atoms with Crippen LogP contribution >= 0.6 is 11.6 Å². The van der Waals surface area contributed by atoms with Crippen LogP contribution in [0.3, 0.4) is 0 Å². The number of esters is 1. The summed E-state index contributed by atoms with van der Waals surface area (Å²) in [7, 11) is 1.41. The molecule has 0 amide bonds. The molecular weight excluding hydrogens is 212 g/mol. The molecule has 0 spiro atoms. The van der Waals surface area contributed by atoms with Gasteiger partial charge in [0.25, 0.3) is 0 Å². The Bertz CT molecular complexity index is 345. The summed E-state index contributed by atoms with van der Waals surface area (Å²) in [6.07, 6.45) is 0.696. The summed E-state index contributed by atoms with van der Waals surface area (Å²) in [5, 5.41) is 0.669. The number of ether oxygens (including phenoxy) is 1. The maximum Gasteiger partial charge on any atom is 0.315 e. The minimum absolute atomic E-state index is 0.215. The van der Waals surface area contributed by atoms with E-state index in [1.165, 1.54) is 7.11 Å². The van der Waals surface area contributed by atoms with Crippen molar-refractivity contribution in [3.8, 4) is 0 Å². The third-order valence-corrected chi connectivity index (χ3v) is 3.08. The molecule has 15 heavy (non-hydrogen) atoms. The highest BCUT2D eigenvalue weighted by Crippen LogP contribution is 2.29. The molecule has 0 saturated carbocycles. The fraction of sp³-hybridized carbons (Fsp3) is 0.417. The SMILES string of the molecule is CC[C@](C)(C(=O)OC)c1ccc(Cl)cc1. The molecule has 0 radical (unpaired) electrons. The summed E-state index contributed by atoms with van der Waals surface area (Å²) < 4.78 is 4.82. The second kappa shape index (κ2) is 4.67. The quantitative estimate of drug-likeness (QED) is 0.740. The zero-order chi connectivity index (χ0) is 11.5. The number of hydrogen-bond donors (Lipinski definition) is 0. The van der Waals surface area contributed by atoms with E-state index < -0.39 is 5.41 Å². The molecule has 0 aliphatic carbocycles. The van der Waals surface area contributed by atoms with Gasteiger partial charge < -0.3 is 4.74 Å². The van der Waals surface area contributed by atoms with Gasteiger partial charge in [-0.15, -0.1) is 0 Å². The Morgan fingerprint density at radius 2 is 1.93 bits per heavy atom. The van der Waals surface area contributed by atoms with Crippen molar-refractivity contribution in [2.75, 3.05) is 7.11 Å². The Kier molecular flexibility index (Phi) is 3.75. The third-order valence-electron chi connectivity index (χ3n) is 2.82. The number of carbonyl (C=O) groups is 1. The Morgan fingerprint density at radius 1 is 1.40 bits per heavy atom. The van der Waals surface area contributed by atoms with Gasteiger partial charge in [0.05, 0.1) is 12.5 Å². The van der Waals surface area contributed by atoms with Crippen molar-refractivity contribution in [2.24, 2.45) is 0 Å². The standard InChI is InChI=1S/C12H15ClO2/c1-4-12(2,11(14)15-3)9-5-7-10(13)8-6-9/h5-8H,4H2,1-3H3/t12-/m0/s1. The van der Waals surface area contributed by atoms with Crippen molar-refractivity contribution in [3.63, 3.8) is 0 Å². The summed E-state index contributed by atoms with van der Waals surface area (Å²) in [6.45, 7) is 3.84. The van der Waals surface area contributed by atoms with E-state index in [0.29, 0.717) is 11.4 Å². The lowest BCUT2D eigenvalue weighted by molar-refractivity contribution is -0.147. The molecule has 2 nitrogen and oxygen atoms in total. The zero-order valence-corrected chi connectivity index (χ0v) is 9.97. The average Bonchev–Trinajstić information content (AvgIpc) is 2.27. The van der Waals surface area contributed by atoms with Gasteiger partial charge in [-0.2, -0.15) is 0 Å². The highest BCUT2D eigenvalue weighted by Gasteiger charge is 2.34. The van der Waals surface area contributed by atoms with Crippen molar-refractivity contribution in [3.05, 3.63) is 34.9 Å². The minimum Gasteiger partial charge on any atom is -0.468 e. The van der Waals surface area contributed by atoms with E-state index in [2.05, 4.69) is 0 Å². The van der Waals surface area contributed by atoms with Crippen molar-refractivity contribution in [1.82, 2.24) is 0 Å². The molecule has 0 N–H and O–H groups in total. The van der Waals surface area contributed by atoms with E-state index in [4.69, 9.17) is 16.3 Å². The monoisotopic (exact) mass is 226 g/mol. The fourth-order valence-electron chi connectivity index (χ4n) is 1.51. The van der Waals surface area contributed by atoms with Crippen LogP contribution < -0.4 is 0 Å². The van der Waals surface area contributed by atoms with Gasteiger partial charge in [-0.3, -0.25) is 4.79 Å². The first kappa shape index (κ1) is 12.1. The molecular formula is C12H15ClO2. The Morgan fingerprint density at radius 3 is 2.33 bits per heavy atom. The molecule has 3 heteroatoms. The van der Waals surface area contributed by atoms with Gasteiger partial charge in [0.1, 0.15) is 0 Å². The van der Waals surface area contributed by atoms with E-state index in [-0.39, 0.29) is 5.97 Å². The third kappa shape index (κ3) is 2.32. The number of methoxy groups -OCH3 is 1. The Hall–Kier alpha value is -1.02. The molecule has 82 valence electrons. The molecule has 0 saturated heterocycles. The van der Waals surface area contributed by atoms with Gasteiger partial charge in [0.2, 0.25) is 0 Å². The van der Waals surface area contributed by atoms with Crippen LogP contribution in [0.5, 0.6) is 0 Å². The molecule has 0 unspecified atom stereocenters. The molecule has 1 aromatic carbocycles. The van der Waals surface area contributed by atoms with E-state index >= 15 is 0 Å². The normalized spacial score (nSPS) is 14.4. The molecule has 0 aliphatic rings. The Balaban J connectivity index is 3.11. The lowest BCUT2D eigenvalue weighted by Gasteiger charge is -2.25. The van der Waals surface area contributed by atoms with E-state index in [0.717, 1.165) is 5.56 Å². The van der Waals surface area contributed by atoms with Crippen LogP contribution in [0.25, 0.3) is 0 Å². The molecule has 0 bridgehead atoms. The summed E-state index contributed by atoms with van der Waals surface area (Å²) in [6, 6.07) is 7.30. The van der Waals surface area contributed by atoms with E-state index in [1.54, 1.807) is 12.1 Å². The molecule has 0 aliphatic heterocycles. The van der Waals surface area contributed by atoms with Crippen molar-refractivity contribution in [2.45, 2.75) is 25.7 Å². The summed E-state index contributed by atoms with van der Waals surface area (Å²) in [5.74, 6) is -0.215. The minimum atomic E-state index is -0.584. The van der Waals surface area contributed by atoms with Crippen LogP contribution in [0.2, 0.25) is 5.02 Å². The highest BCUT2D eigenvalue weighted by atomic mass is 35.5. The van der Waals surface area contributed by atoms with Crippen LogP contribution in [0.15, 0.2) is 24.3 Å². The molecule has 1 atom stereocenters. The zero-order valence-electron chi connectivity index (χ0n) is 9.21. The Labute approximate surface area is 95.2 Å². The van der Waals surface area contributed by atoms with Gasteiger partial charge in [-0.25, -0.2) is 0 Å². The average molecular weight is 227 g/mol. The van der Waals surface area contributed by atoms with Crippen molar-refractivity contribution >= 4 is 17.6 Å². The molecule has 0 fully saturated rings. The predicted octanol–water partition coefficient (Wildman–Crippen LogP) is 3.18. The number of benzene rings is 1. The topological polar surface area (TPSA) is 26.3 Å². The maximum absolute atomic E-state index is 11.7. The van der Waals surface area contributed by atoms with Gasteiger partial charge >= 0.3 is 5.97 Å². The second-order valence-corrected chi connectivity index (χ2v) is 4.12. The van der Waals surface area contributed by atoms with Crippen LogP contribution in [0.4, 0.5) is 0 Å². The maximum atomic E-state index is 11.7. The second-order valence-electron chi connectivity index (χ2n) is 3.68. The highest BCUT2D eigenvalue weighted by molar-refractivity contribution is 6.30. The predicted molar refractivity (Wildman–Crippen MR) is 61.1 cm³/mol. The molecule has 1 rings (SSSR count). The van der Waals surface area contributed by atoms with E-state index in [9.17, 15) is 4.79 Å². The van der Waals surface area contributed by atoms with Gasteiger partial charge in [-0.05, 0) is 31.0 Å². The van der Waals surface area contributed by atoms with Gasteiger partial charge in [0, 0.05) is 5.02 Å². The number of carbonyl (C=O) groups excluding carboxylic acids is 1. The van der Waals surface area contributed by atoms with Gasteiger partial charge in [0.15, 0.2) is 0 Å². The smallest absolute Gasteiger partial charge is 0.315 e. The molecule has 0 heterocycles. The van der Waals surface area contributed by atoms with Crippen molar-refractivity contribution in [1.29, 1.82) is 0 Å². The van der Waals surface area contributed by atoms with E-state index in [1.807, 2.05) is 26.0 Å². The lowest BCUT2D eigenvalue weighted by atomic mass is 9.80. The summed E-state index contributed by atoms with van der Waals surface area (Å²) in [5.41, 5.74) is 0.348. The molecule has 1 aromatic rings. The largest absolute Gasteiger partial charge is 0.468 e. The number of hydrogen-bond acceptors (Lipinski definition) is 2. The van der Waals surface area contributed by atoms with Gasteiger partial charge in [-0.1, -0.05) is 30.7 Å². The summed E-state index contributed by atoms with van der Waals surface area (Å²) >= 11 is 5.80. The first-order valence-corrected chi connectivity index (χ1v) is 5.27. The summed E-state index contributed by atoms with van der Waals surface area (Å²) in [4.78, 5) is 11.7. The number of rotatable bonds is 3. The first-order chi connectivity index (χ1) is 7.04. The fourth-order valence-corrected chi connectivity index (χ4v) is 1.64. The van der Waals surface area contributed by atoms with Crippen LogP contribution in [-0.4, -0.2) is 13.1 Å². The van der Waals surface area contributed by atoms with Crippen LogP contribution in [0, 0.1) is 0 Å².